The summed E-state index contributed by atoms with van der Waals surface area (Å²) in [6.07, 6.45) is 0.449. The Balaban J connectivity index is 2.23. The Morgan fingerprint density at radius 2 is 1.80 bits per heavy atom. The van der Waals surface area contributed by atoms with Crippen LogP contribution in [-0.2, 0) is 11.2 Å². The molecule has 1 aliphatic rings. The third-order valence-electron chi connectivity index (χ3n) is 3.67. The number of nitrogens with zero attached hydrogens (tertiary/aromatic N) is 1. The van der Waals surface area contributed by atoms with Crippen molar-refractivity contribution in [2.45, 2.75) is 39.4 Å². The number of benzene rings is 1. The molecule has 25 heavy (non-hydrogen) atoms. The Morgan fingerprint density at radius 1 is 1.16 bits per heavy atom. The summed E-state index contributed by atoms with van der Waals surface area (Å²) in [6.45, 7) is 9.36. The van der Waals surface area contributed by atoms with Crippen molar-refractivity contribution in [3.05, 3.63) is 22.2 Å². The summed E-state index contributed by atoms with van der Waals surface area (Å²) in [7, 11) is 0. The van der Waals surface area contributed by atoms with E-state index in [1.165, 1.54) is 4.90 Å². The van der Waals surface area contributed by atoms with Gasteiger partial charge in [0.15, 0.2) is 0 Å². The number of thioether (sulfide) groups is 1. The first kappa shape index (κ1) is 20.1. The molecule has 1 aromatic carbocycles. The zero-order valence-corrected chi connectivity index (χ0v) is 17.4. The van der Waals surface area contributed by atoms with Gasteiger partial charge in [-0.15, -0.1) is 0 Å². The molecule has 1 fully saturated rings. The van der Waals surface area contributed by atoms with Crippen LogP contribution in [0.1, 0.15) is 33.3 Å². The van der Waals surface area contributed by atoms with Gasteiger partial charge in [0.25, 0.3) is 5.24 Å². The second-order valence-electron chi connectivity index (χ2n) is 6.18. The summed E-state index contributed by atoms with van der Waals surface area (Å²) in [4.78, 5) is 26.1. The maximum Gasteiger partial charge on any atom is 0.289 e. The zero-order chi connectivity index (χ0) is 18.6. The number of hydrogen-bond donors (Lipinski definition) is 0. The summed E-state index contributed by atoms with van der Waals surface area (Å²) in [6, 6.07) is 3.75. The molecule has 0 saturated carbocycles. The minimum atomic E-state index is -0.407. The molecule has 0 bridgehead atoms. The Bertz CT molecular complexity index is 650. The highest BCUT2D eigenvalue weighted by molar-refractivity contribution is 9.10. The predicted octanol–water partition coefficient (Wildman–Crippen LogP) is 4.51. The molecular weight excluding hydrogens is 406 g/mol. The topological polar surface area (TPSA) is 55.8 Å². The first-order chi connectivity index (χ1) is 11.9. The third kappa shape index (κ3) is 4.91. The van der Waals surface area contributed by atoms with Crippen LogP contribution in [0.5, 0.6) is 11.5 Å². The molecule has 1 saturated heterocycles. The highest BCUT2D eigenvalue weighted by atomic mass is 79.9. The van der Waals surface area contributed by atoms with Gasteiger partial charge in [0.05, 0.1) is 22.9 Å². The van der Waals surface area contributed by atoms with Gasteiger partial charge in [0, 0.05) is 12.6 Å². The Hall–Kier alpha value is -1.21. The summed E-state index contributed by atoms with van der Waals surface area (Å²) in [5, 5.41) is -0.568. The van der Waals surface area contributed by atoms with Crippen molar-refractivity contribution in [1.29, 1.82) is 0 Å². The normalized spacial score (nSPS) is 17.5. The van der Waals surface area contributed by atoms with Crippen molar-refractivity contribution < 1.29 is 19.1 Å². The van der Waals surface area contributed by atoms with E-state index in [-0.39, 0.29) is 17.1 Å². The molecule has 138 valence electrons. The first-order valence-electron chi connectivity index (χ1n) is 8.47. The number of amides is 2. The molecule has 7 heteroatoms. The number of carbonyl (C=O) groups is 2. The monoisotopic (exact) mass is 429 g/mol. The molecular formula is C18H24BrNO4S. The minimum absolute atomic E-state index is 0.115. The van der Waals surface area contributed by atoms with Crippen LogP contribution in [-0.4, -0.2) is 41.1 Å². The van der Waals surface area contributed by atoms with E-state index >= 15 is 0 Å². The van der Waals surface area contributed by atoms with Gasteiger partial charge in [-0.05, 0) is 53.7 Å². The Labute approximate surface area is 161 Å². The summed E-state index contributed by atoms with van der Waals surface area (Å²) < 4.78 is 12.1. The van der Waals surface area contributed by atoms with Gasteiger partial charge >= 0.3 is 0 Å². The second kappa shape index (κ2) is 8.94. The van der Waals surface area contributed by atoms with Crippen LogP contribution in [0, 0.1) is 5.92 Å². The van der Waals surface area contributed by atoms with Crippen molar-refractivity contribution in [2.24, 2.45) is 5.92 Å². The van der Waals surface area contributed by atoms with Gasteiger partial charge in [0.1, 0.15) is 11.5 Å². The van der Waals surface area contributed by atoms with E-state index in [0.717, 1.165) is 21.8 Å². The number of halogens is 1. The van der Waals surface area contributed by atoms with E-state index in [4.69, 9.17) is 9.47 Å². The number of ether oxygens (including phenoxy) is 2. The number of imide groups is 1. The summed E-state index contributed by atoms with van der Waals surface area (Å²) >= 11 is 4.61. The Kier molecular flexibility index (Phi) is 7.19. The standard InChI is InChI=1S/C18H24BrNO4S/c1-5-23-14-9-15(24-6-2)13(19)7-12(14)8-16-17(21)20(10-11(3)4)18(22)25-16/h7,9,11,16H,5-6,8,10H2,1-4H3/t16-/m1/s1. The Morgan fingerprint density at radius 3 is 2.40 bits per heavy atom. The zero-order valence-electron chi connectivity index (χ0n) is 15.0. The molecule has 0 aromatic heterocycles. The molecule has 1 aromatic rings. The smallest absolute Gasteiger partial charge is 0.289 e. The van der Waals surface area contributed by atoms with E-state index < -0.39 is 5.25 Å². The summed E-state index contributed by atoms with van der Waals surface area (Å²) in [5.74, 6) is 1.54. The average molecular weight is 430 g/mol. The van der Waals surface area contributed by atoms with E-state index in [1.807, 2.05) is 39.8 Å². The number of hydrogen-bond acceptors (Lipinski definition) is 5. The molecule has 5 nitrogen and oxygen atoms in total. The van der Waals surface area contributed by atoms with Gasteiger partial charge in [-0.1, -0.05) is 25.6 Å². The van der Waals surface area contributed by atoms with Crippen molar-refractivity contribution in [3.63, 3.8) is 0 Å². The second-order valence-corrected chi connectivity index (χ2v) is 8.18. The highest BCUT2D eigenvalue weighted by Crippen LogP contribution is 2.37. The fraction of sp³-hybridized carbons (Fsp3) is 0.556. The van der Waals surface area contributed by atoms with Crippen molar-refractivity contribution in [2.75, 3.05) is 19.8 Å². The van der Waals surface area contributed by atoms with Gasteiger partial charge < -0.3 is 9.47 Å². The molecule has 2 amide bonds. The lowest BCUT2D eigenvalue weighted by atomic mass is 10.1. The molecule has 0 N–H and O–H groups in total. The largest absolute Gasteiger partial charge is 0.493 e. The molecule has 0 aliphatic carbocycles. The van der Waals surface area contributed by atoms with E-state index in [1.54, 1.807) is 0 Å². The van der Waals surface area contributed by atoms with Gasteiger partial charge in [-0.2, -0.15) is 0 Å². The lowest BCUT2D eigenvalue weighted by Gasteiger charge is -2.17. The van der Waals surface area contributed by atoms with Crippen LogP contribution in [0.4, 0.5) is 4.79 Å². The van der Waals surface area contributed by atoms with Crippen molar-refractivity contribution in [1.82, 2.24) is 4.90 Å². The molecule has 1 heterocycles. The van der Waals surface area contributed by atoms with Crippen LogP contribution in [0.2, 0.25) is 0 Å². The maximum atomic E-state index is 12.6. The fourth-order valence-corrected chi connectivity index (χ4v) is 4.18. The van der Waals surface area contributed by atoms with Gasteiger partial charge in [-0.3, -0.25) is 14.5 Å². The summed E-state index contributed by atoms with van der Waals surface area (Å²) in [5.41, 5.74) is 0.891. The highest BCUT2D eigenvalue weighted by Gasteiger charge is 2.40. The SMILES string of the molecule is CCOc1cc(OCC)c(C[C@H]2SC(=O)N(CC(C)C)C2=O)cc1Br. The fourth-order valence-electron chi connectivity index (χ4n) is 2.65. The van der Waals surface area contributed by atoms with Gasteiger partial charge in [0.2, 0.25) is 5.91 Å². The van der Waals surface area contributed by atoms with Crippen LogP contribution in [0.3, 0.4) is 0 Å². The van der Waals surface area contributed by atoms with Crippen LogP contribution in [0.15, 0.2) is 16.6 Å². The maximum absolute atomic E-state index is 12.6. The molecule has 1 aliphatic heterocycles. The lowest BCUT2D eigenvalue weighted by molar-refractivity contribution is -0.127. The molecule has 2 rings (SSSR count). The lowest BCUT2D eigenvalue weighted by Crippen LogP contribution is -2.35. The first-order valence-corrected chi connectivity index (χ1v) is 10.1. The van der Waals surface area contributed by atoms with Crippen LogP contribution < -0.4 is 9.47 Å². The van der Waals surface area contributed by atoms with E-state index in [2.05, 4.69) is 15.9 Å². The molecule has 0 unspecified atom stereocenters. The van der Waals surface area contributed by atoms with Crippen LogP contribution >= 0.6 is 27.7 Å². The third-order valence-corrected chi connectivity index (χ3v) is 5.37. The number of rotatable bonds is 8. The average Bonchev–Trinajstić information content (AvgIpc) is 2.79. The number of carbonyl (C=O) groups excluding carboxylic acids is 2. The predicted molar refractivity (Wildman–Crippen MR) is 104 cm³/mol. The van der Waals surface area contributed by atoms with Crippen LogP contribution in [0.25, 0.3) is 0 Å². The van der Waals surface area contributed by atoms with Crippen molar-refractivity contribution in [3.8, 4) is 11.5 Å². The van der Waals surface area contributed by atoms with E-state index in [0.29, 0.717) is 37.7 Å². The molecule has 0 radical (unpaired) electrons. The molecule has 0 spiro atoms. The van der Waals surface area contributed by atoms with Crippen molar-refractivity contribution >= 4 is 38.8 Å². The van der Waals surface area contributed by atoms with E-state index in [9.17, 15) is 9.59 Å². The quantitative estimate of drug-likeness (QED) is 0.608. The van der Waals surface area contributed by atoms with Gasteiger partial charge in [-0.25, -0.2) is 0 Å². The molecule has 1 atom stereocenters. The minimum Gasteiger partial charge on any atom is -0.493 e.